The van der Waals surface area contributed by atoms with E-state index >= 15 is 0 Å². The lowest BCUT2D eigenvalue weighted by Crippen LogP contribution is -2.31. The highest BCUT2D eigenvalue weighted by molar-refractivity contribution is 7.89. The molecule has 1 heterocycles. The highest BCUT2D eigenvalue weighted by Crippen LogP contribution is 2.30. The van der Waals surface area contributed by atoms with E-state index < -0.39 is 21.7 Å². The van der Waals surface area contributed by atoms with Gasteiger partial charge in [0.1, 0.15) is 5.82 Å². The van der Waals surface area contributed by atoms with E-state index in [-0.39, 0.29) is 33.7 Å². The fourth-order valence-electron chi connectivity index (χ4n) is 2.70. The van der Waals surface area contributed by atoms with Crippen LogP contribution in [0.3, 0.4) is 0 Å². The molecule has 2 aromatic carbocycles. The van der Waals surface area contributed by atoms with Crippen LogP contribution in [0.1, 0.15) is 10.4 Å². The molecule has 1 aromatic heterocycles. The number of carbonyl (C=O) groups is 1. The van der Waals surface area contributed by atoms with Crippen molar-refractivity contribution >= 4 is 54.2 Å². The second kappa shape index (κ2) is 9.05. The third-order valence-electron chi connectivity index (χ3n) is 4.07. The lowest BCUT2D eigenvalue weighted by molar-refractivity contribution is 0.102. The van der Waals surface area contributed by atoms with Crippen LogP contribution in [0.4, 0.5) is 9.52 Å². The van der Waals surface area contributed by atoms with Crippen LogP contribution in [0.25, 0.3) is 10.2 Å². The predicted octanol–water partition coefficient (Wildman–Crippen LogP) is 4.70. The van der Waals surface area contributed by atoms with Crippen LogP contribution in [-0.4, -0.2) is 36.7 Å². The Labute approximate surface area is 182 Å². The Morgan fingerprint density at radius 3 is 2.57 bits per heavy atom. The van der Waals surface area contributed by atoms with Crippen molar-refractivity contribution in [2.24, 2.45) is 0 Å². The molecule has 0 aliphatic heterocycles. The van der Waals surface area contributed by atoms with Gasteiger partial charge in [0.05, 0.1) is 25.7 Å². The summed E-state index contributed by atoms with van der Waals surface area (Å²) in [5.41, 5.74) is 0.207. The van der Waals surface area contributed by atoms with Gasteiger partial charge in [-0.15, -0.1) is 13.2 Å². The van der Waals surface area contributed by atoms with E-state index in [2.05, 4.69) is 23.5 Å². The average Bonchev–Trinajstić information content (AvgIpc) is 3.09. The van der Waals surface area contributed by atoms with Crippen LogP contribution in [0.5, 0.6) is 0 Å². The number of hydrogen-bond acceptors (Lipinski definition) is 5. The van der Waals surface area contributed by atoms with Crippen LogP contribution in [0.15, 0.2) is 66.6 Å². The van der Waals surface area contributed by atoms with Gasteiger partial charge in [-0.05, 0) is 30.3 Å². The molecule has 1 N–H and O–H groups in total. The monoisotopic (exact) mass is 465 g/mol. The molecule has 0 atom stereocenters. The molecule has 0 aliphatic carbocycles. The highest BCUT2D eigenvalue weighted by Gasteiger charge is 2.23. The number of aromatic nitrogens is 1. The Bertz CT molecular complexity index is 1210. The number of rotatable bonds is 8. The Kier molecular flexibility index (Phi) is 6.67. The second-order valence-corrected chi connectivity index (χ2v) is 9.47. The van der Waals surface area contributed by atoms with Crippen LogP contribution < -0.4 is 5.32 Å². The molecule has 156 valence electrons. The van der Waals surface area contributed by atoms with Gasteiger partial charge < -0.3 is 0 Å². The zero-order valence-electron chi connectivity index (χ0n) is 15.6. The molecule has 0 saturated heterocycles. The van der Waals surface area contributed by atoms with Crippen molar-refractivity contribution in [3.63, 3.8) is 0 Å². The smallest absolute Gasteiger partial charge is 0.261 e. The number of fused-ring (bicyclic) bond motifs is 1. The van der Waals surface area contributed by atoms with Gasteiger partial charge in [0.15, 0.2) is 5.13 Å². The van der Waals surface area contributed by atoms with Gasteiger partial charge >= 0.3 is 0 Å². The van der Waals surface area contributed by atoms with Crippen molar-refractivity contribution in [2.45, 2.75) is 4.90 Å². The van der Waals surface area contributed by atoms with Crippen molar-refractivity contribution < 1.29 is 17.6 Å². The normalized spacial score (nSPS) is 11.6. The molecule has 0 fully saturated rings. The van der Waals surface area contributed by atoms with Crippen LogP contribution in [0.2, 0.25) is 5.02 Å². The number of nitrogens with zero attached hydrogens (tertiary/aromatic N) is 2. The van der Waals surface area contributed by atoms with Gasteiger partial charge in [-0.25, -0.2) is 17.8 Å². The number of amides is 1. The minimum absolute atomic E-state index is 0.0217. The van der Waals surface area contributed by atoms with E-state index in [1.807, 2.05) is 0 Å². The Morgan fingerprint density at radius 1 is 1.23 bits per heavy atom. The van der Waals surface area contributed by atoms with E-state index in [1.165, 1.54) is 40.7 Å². The van der Waals surface area contributed by atoms with E-state index in [0.717, 1.165) is 17.4 Å². The van der Waals surface area contributed by atoms with Gasteiger partial charge in [0.2, 0.25) is 10.0 Å². The summed E-state index contributed by atoms with van der Waals surface area (Å²) in [4.78, 5) is 16.7. The van der Waals surface area contributed by atoms with Crippen molar-refractivity contribution in [1.29, 1.82) is 0 Å². The summed E-state index contributed by atoms with van der Waals surface area (Å²) in [6.07, 6.45) is 2.99. The maximum absolute atomic E-state index is 13.9. The van der Waals surface area contributed by atoms with Gasteiger partial charge in [-0.1, -0.05) is 41.2 Å². The largest absolute Gasteiger partial charge is 0.298 e. The van der Waals surface area contributed by atoms with Crippen molar-refractivity contribution in [1.82, 2.24) is 9.29 Å². The third-order valence-corrected chi connectivity index (χ3v) is 7.15. The zero-order valence-corrected chi connectivity index (χ0v) is 18.0. The third kappa shape index (κ3) is 4.44. The number of carbonyl (C=O) groups excluding carboxylic acids is 1. The fourth-order valence-corrected chi connectivity index (χ4v) is 5.33. The molecule has 0 unspecified atom stereocenters. The lowest BCUT2D eigenvalue weighted by atomic mass is 10.2. The number of halogens is 2. The first-order valence-corrected chi connectivity index (χ1v) is 11.3. The van der Waals surface area contributed by atoms with Crippen molar-refractivity contribution in [3.8, 4) is 0 Å². The summed E-state index contributed by atoms with van der Waals surface area (Å²) in [5.74, 6) is -1.49. The van der Waals surface area contributed by atoms with E-state index in [1.54, 1.807) is 6.07 Å². The van der Waals surface area contributed by atoms with Crippen LogP contribution in [-0.2, 0) is 10.0 Å². The van der Waals surface area contributed by atoms with Crippen LogP contribution in [0, 0.1) is 5.82 Å². The van der Waals surface area contributed by atoms with Crippen molar-refractivity contribution in [3.05, 3.63) is 78.1 Å². The summed E-state index contributed by atoms with van der Waals surface area (Å²) in [5, 5.41) is 2.68. The number of thiazole rings is 1. The summed E-state index contributed by atoms with van der Waals surface area (Å²) in [6.45, 7) is 7.44. The molecule has 0 bridgehead atoms. The second-order valence-electron chi connectivity index (χ2n) is 6.10. The fraction of sp³-hybridized carbons (Fsp3) is 0.100. The van der Waals surface area contributed by atoms with E-state index in [9.17, 15) is 17.6 Å². The zero-order chi connectivity index (χ0) is 21.9. The molecule has 3 aromatic rings. The number of sulfonamides is 1. The van der Waals surface area contributed by atoms with Gasteiger partial charge in [0, 0.05) is 13.1 Å². The van der Waals surface area contributed by atoms with Crippen molar-refractivity contribution in [2.75, 3.05) is 18.4 Å². The van der Waals surface area contributed by atoms with Gasteiger partial charge in [0.25, 0.3) is 5.91 Å². The molecule has 6 nitrogen and oxygen atoms in total. The minimum atomic E-state index is -3.77. The average molecular weight is 466 g/mol. The summed E-state index contributed by atoms with van der Waals surface area (Å²) in [6, 6.07) is 8.41. The summed E-state index contributed by atoms with van der Waals surface area (Å²) in [7, 11) is -3.77. The molecule has 0 saturated carbocycles. The van der Waals surface area contributed by atoms with Crippen LogP contribution >= 0.6 is 22.9 Å². The Balaban J connectivity index is 1.92. The molecule has 30 heavy (non-hydrogen) atoms. The van der Waals surface area contributed by atoms with E-state index in [4.69, 9.17) is 11.6 Å². The molecule has 10 heteroatoms. The minimum Gasteiger partial charge on any atom is -0.298 e. The summed E-state index contributed by atoms with van der Waals surface area (Å²) < 4.78 is 41.5. The maximum Gasteiger partial charge on any atom is 0.261 e. The Hall–Kier alpha value is -2.59. The summed E-state index contributed by atoms with van der Waals surface area (Å²) >= 11 is 6.99. The lowest BCUT2D eigenvalue weighted by Gasteiger charge is -2.18. The maximum atomic E-state index is 13.9. The SMILES string of the molecule is C=CCN(CC=C)S(=O)(=O)c1ccc2nc(NC(=O)c3c(F)cccc3Cl)sc2c1. The molecular weight excluding hydrogens is 449 g/mol. The predicted molar refractivity (Wildman–Crippen MR) is 118 cm³/mol. The van der Waals surface area contributed by atoms with Gasteiger partial charge in [-0.2, -0.15) is 4.31 Å². The van der Waals surface area contributed by atoms with Gasteiger partial charge in [-0.3, -0.25) is 10.1 Å². The molecule has 0 radical (unpaired) electrons. The topological polar surface area (TPSA) is 79.4 Å². The first-order chi connectivity index (χ1) is 14.3. The quantitative estimate of drug-likeness (QED) is 0.489. The number of anilines is 1. The Morgan fingerprint density at radius 2 is 1.93 bits per heavy atom. The molecular formula is C20H17ClFN3O3S2. The molecule has 0 aliphatic rings. The van der Waals surface area contributed by atoms with E-state index in [0.29, 0.717) is 10.2 Å². The molecule has 1 amide bonds. The first kappa shape index (κ1) is 22.1. The number of benzene rings is 2. The standard InChI is InChI=1S/C20H17ClFN3O3S2/c1-3-10-25(11-4-2)30(27,28)13-8-9-16-17(12-13)29-20(23-16)24-19(26)18-14(21)6-5-7-15(18)22/h3-9,12H,1-2,10-11H2,(H,23,24,26). The number of hydrogen-bond donors (Lipinski definition) is 1. The first-order valence-electron chi connectivity index (χ1n) is 8.66. The highest BCUT2D eigenvalue weighted by atomic mass is 35.5. The number of nitrogens with one attached hydrogen (secondary N) is 1. The molecule has 0 spiro atoms. The molecule has 3 rings (SSSR count).